The van der Waals surface area contributed by atoms with Gasteiger partial charge in [-0.2, -0.15) is 0 Å². The zero-order valence-corrected chi connectivity index (χ0v) is 14.0. The summed E-state index contributed by atoms with van der Waals surface area (Å²) in [6, 6.07) is 7.47. The highest BCUT2D eigenvalue weighted by Crippen LogP contribution is 2.31. The third-order valence-corrected chi connectivity index (χ3v) is 4.00. The highest BCUT2D eigenvalue weighted by molar-refractivity contribution is 6.30. The summed E-state index contributed by atoms with van der Waals surface area (Å²) in [5.74, 6) is 1.08. The van der Waals surface area contributed by atoms with Crippen LogP contribution < -0.4 is 0 Å². The van der Waals surface area contributed by atoms with Crippen molar-refractivity contribution < 1.29 is 14.1 Å². The SMILES string of the molecule is CC(C)COC(=O)N1CCc2c(noc2-c2ccc(Cl)cc2)C1. The first kappa shape index (κ1) is 15.9. The van der Waals surface area contributed by atoms with E-state index >= 15 is 0 Å². The number of amides is 1. The van der Waals surface area contributed by atoms with Gasteiger partial charge in [0.15, 0.2) is 5.76 Å². The fraction of sp³-hybridized carbons (Fsp3) is 0.412. The van der Waals surface area contributed by atoms with E-state index in [1.54, 1.807) is 4.90 Å². The Morgan fingerprint density at radius 2 is 2.13 bits per heavy atom. The van der Waals surface area contributed by atoms with E-state index in [9.17, 15) is 4.79 Å². The fourth-order valence-electron chi connectivity index (χ4n) is 2.54. The van der Waals surface area contributed by atoms with Crippen molar-refractivity contribution in [2.24, 2.45) is 5.92 Å². The summed E-state index contributed by atoms with van der Waals surface area (Å²) >= 11 is 5.92. The zero-order valence-electron chi connectivity index (χ0n) is 13.2. The molecule has 0 atom stereocenters. The van der Waals surface area contributed by atoms with Crippen LogP contribution >= 0.6 is 11.6 Å². The van der Waals surface area contributed by atoms with Crippen LogP contribution in [0.1, 0.15) is 25.1 Å². The molecular weight excluding hydrogens is 316 g/mol. The Labute approximate surface area is 140 Å². The minimum absolute atomic E-state index is 0.291. The number of halogens is 1. The first-order valence-corrected chi connectivity index (χ1v) is 8.07. The third-order valence-electron chi connectivity index (χ3n) is 3.75. The molecule has 6 heteroatoms. The number of hydrogen-bond donors (Lipinski definition) is 0. The summed E-state index contributed by atoms with van der Waals surface area (Å²) in [7, 11) is 0. The summed E-state index contributed by atoms with van der Waals surface area (Å²) < 4.78 is 10.8. The van der Waals surface area contributed by atoms with Crippen LogP contribution in [0.15, 0.2) is 28.8 Å². The summed E-state index contributed by atoms with van der Waals surface area (Å²) in [6.45, 7) is 5.47. The minimum atomic E-state index is -0.291. The van der Waals surface area contributed by atoms with Gasteiger partial charge in [-0.15, -0.1) is 0 Å². The van der Waals surface area contributed by atoms with Crippen molar-refractivity contribution in [3.63, 3.8) is 0 Å². The van der Waals surface area contributed by atoms with E-state index in [0.29, 0.717) is 37.1 Å². The molecule has 1 aromatic heterocycles. The van der Waals surface area contributed by atoms with Gasteiger partial charge in [0.1, 0.15) is 5.69 Å². The van der Waals surface area contributed by atoms with E-state index < -0.39 is 0 Å². The van der Waals surface area contributed by atoms with E-state index in [2.05, 4.69) is 5.16 Å². The molecule has 122 valence electrons. The molecule has 2 aromatic rings. The molecule has 23 heavy (non-hydrogen) atoms. The van der Waals surface area contributed by atoms with Gasteiger partial charge in [0.25, 0.3) is 0 Å². The molecule has 0 saturated heterocycles. The van der Waals surface area contributed by atoms with E-state index in [4.69, 9.17) is 20.9 Å². The van der Waals surface area contributed by atoms with Gasteiger partial charge in [-0.05, 0) is 36.6 Å². The molecular formula is C17H19ClN2O3. The lowest BCUT2D eigenvalue weighted by molar-refractivity contribution is 0.0873. The highest BCUT2D eigenvalue weighted by atomic mass is 35.5. The van der Waals surface area contributed by atoms with Crippen LogP contribution in [0.2, 0.25) is 5.02 Å². The summed E-state index contributed by atoms with van der Waals surface area (Å²) in [5, 5.41) is 4.81. The van der Waals surface area contributed by atoms with Crippen molar-refractivity contribution in [2.45, 2.75) is 26.8 Å². The summed E-state index contributed by atoms with van der Waals surface area (Å²) in [4.78, 5) is 13.7. The van der Waals surface area contributed by atoms with Crippen LogP contribution in [0.4, 0.5) is 4.79 Å². The van der Waals surface area contributed by atoms with Gasteiger partial charge >= 0.3 is 6.09 Å². The van der Waals surface area contributed by atoms with E-state index in [-0.39, 0.29) is 6.09 Å². The summed E-state index contributed by atoms with van der Waals surface area (Å²) in [6.07, 6.45) is 0.411. The van der Waals surface area contributed by atoms with Crippen molar-refractivity contribution in [3.05, 3.63) is 40.5 Å². The molecule has 0 saturated carbocycles. The van der Waals surface area contributed by atoms with Crippen molar-refractivity contribution >= 4 is 17.7 Å². The molecule has 0 radical (unpaired) electrons. The monoisotopic (exact) mass is 334 g/mol. The van der Waals surface area contributed by atoms with Gasteiger partial charge in [0, 0.05) is 22.7 Å². The van der Waals surface area contributed by atoms with Crippen LogP contribution in [-0.2, 0) is 17.7 Å². The molecule has 1 aliphatic rings. The number of benzene rings is 1. The number of hydrogen-bond acceptors (Lipinski definition) is 4. The van der Waals surface area contributed by atoms with Gasteiger partial charge in [-0.25, -0.2) is 4.79 Å². The number of aromatic nitrogens is 1. The molecule has 0 bridgehead atoms. The molecule has 5 nitrogen and oxygen atoms in total. The van der Waals surface area contributed by atoms with Crippen molar-refractivity contribution in [2.75, 3.05) is 13.2 Å². The Balaban J connectivity index is 1.73. The third kappa shape index (κ3) is 3.50. The number of fused-ring (bicyclic) bond motifs is 1. The lowest BCUT2D eigenvalue weighted by atomic mass is 10.0. The largest absolute Gasteiger partial charge is 0.449 e. The quantitative estimate of drug-likeness (QED) is 0.846. The van der Waals surface area contributed by atoms with Crippen LogP contribution in [0.25, 0.3) is 11.3 Å². The first-order chi connectivity index (χ1) is 11.0. The predicted molar refractivity (Wildman–Crippen MR) is 87.2 cm³/mol. The lowest BCUT2D eigenvalue weighted by Gasteiger charge is -2.25. The lowest BCUT2D eigenvalue weighted by Crippen LogP contribution is -2.36. The molecule has 1 aliphatic heterocycles. The smallest absolute Gasteiger partial charge is 0.410 e. The molecule has 0 aliphatic carbocycles. The van der Waals surface area contributed by atoms with E-state index in [1.165, 1.54) is 0 Å². The second-order valence-corrected chi connectivity index (χ2v) is 6.52. The van der Waals surface area contributed by atoms with Crippen LogP contribution in [0.3, 0.4) is 0 Å². The van der Waals surface area contributed by atoms with Gasteiger partial charge in [-0.1, -0.05) is 30.6 Å². The second kappa shape index (κ2) is 6.62. The van der Waals surface area contributed by atoms with Crippen LogP contribution in [-0.4, -0.2) is 29.3 Å². The average Bonchev–Trinajstić information content (AvgIpc) is 2.96. The standard InChI is InChI=1S/C17H19ClN2O3/c1-11(2)10-22-17(21)20-8-7-14-15(9-20)19-23-16(14)12-3-5-13(18)6-4-12/h3-6,11H,7-10H2,1-2H3. The topological polar surface area (TPSA) is 55.6 Å². The molecule has 1 aromatic carbocycles. The van der Waals surface area contributed by atoms with Gasteiger partial charge < -0.3 is 14.2 Å². The number of nitrogens with zero attached hydrogens (tertiary/aromatic N) is 2. The van der Waals surface area contributed by atoms with Gasteiger partial charge in [0.05, 0.1) is 13.2 Å². The average molecular weight is 335 g/mol. The number of carbonyl (C=O) groups excluding carboxylic acids is 1. The molecule has 2 heterocycles. The van der Waals surface area contributed by atoms with Crippen molar-refractivity contribution in [1.29, 1.82) is 0 Å². The Hall–Kier alpha value is -2.01. The first-order valence-electron chi connectivity index (χ1n) is 7.69. The predicted octanol–water partition coefficient (Wildman–Crippen LogP) is 4.15. The maximum atomic E-state index is 12.1. The molecule has 0 spiro atoms. The van der Waals surface area contributed by atoms with Gasteiger partial charge in [-0.3, -0.25) is 0 Å². The molecule has 3 rings (SSSR count). The fourth-order valence-corrected chi connectivity index (χ4v) is 2.67. The second-order valence-electron chi connectivity index (χ2n) is 6.09. The molecule has 0 unspecified atom stereocenters. The number of rotatable bonds is 3. The number of ether oxygens (including phenoxy) is 1. The summed E-state index contributed by atoms with van der Waals surface area (Å²) in [5.41, 5.74) is 2.79. The van der Waals surface area contributed by atoms with Crippen LogP contribution in [0.5, 0.6) is 0 Å². The highest BCUT2D eigenvalue weighted by Gasteiger charge is 2.28. The van der Waals surface area contributed by atoms with E-state index in [1.807, 2.05) is 38.1 Å². The Morgan fingerprint density at radius 3 is 2.83 bits per heavy atom. The van der Waals surface area contributed by atoms with Crippen molar-refractivity contribution in [1.82, 2.24) is 10.1 Å². The normalized spacial score (nSPS) is 14.0. The van der Waals surface area contributed by atoms with Gasteiger partial charge in [0.2, 0.25) is 0 Å². The Morgan fingerprint density at radius 1 is 1.39 bits per heavy atom. The molecule has 0 N–H and O–H groups in total. The molecule has 1 amide bonds. The maximum absolute atomic E-state index is 12.1. The van der Waals surface area contributed by atoms with E-state index in [0.717, 1.165) is 22.6 Å². The van der Waals surface area contributed by atoms with Crippen molar-refractivity contribution in [3.8, 4) is 11.3 Å². The maximum Gasteiger partial charge on any atom is 0.410 e. The zero-order chi connectivity index (χ0) is 16.4. The Kier molecular flexibility index (Phi) is 4.57. The number of carbonyl (C=O) groups is 1. The molecule has 0 fully saturated rings. The minimum Gasteiger partial charge on any atom is -0.449 e. The Bertz CT molecular complexity index is 694. The van der Waals surface area contributed by atoms with Crippen LogP contribution in [0, 0.1) is 5.92 Å².